The molecule has 0 atom stereocenters. The van der Waals surface area contributed by atoms with Gasteiger partial charge < -0.3 is 10.0 Å². The van der Waals surface area contributed by atoms with Crippen LogP contribution in [0.1, 0.15) is 16.7 Å². The topological polar surface area (TPSA) is 53.4 Å². The van der Waals surface area contributed by atoms with E-state index in [1.165, 1.54) is 0 Å². The predicted molar refractivity (Wildman–Crippen MR) is 90.6 cm³/mol. The maximum absolute atomic E-state index is 10.6. The SMILES string of the molecule is CN(C)c1ccc(C=Cc2ccncc2/C=C/C(=O)O)cc1. The van der Waals surface area contributed by atoms with Gasteiger partial charge >= 0.3 is 5.97 Å². The minimum absolute atomic E-state index is 0.770. The molecule has 0 bridgehead atoms. The van der Waals surface area contributed by atoms with Crippen LogP contribution in [0.25, 0.3) is 18.2 Å². The molecule has 0 saturated carbocycles. The fourth-order valence-electron chi connectivity index (χ4n) is 1.94. The number of rotatable bonds is 5. The first kappa shape index (κ1) is 15.5. The van der Waals surface area contributed by atoms with Crippen LogP contribution in [-0.2, 0) is 4.79 Å². The smallest absolute Gasteiger partial charge is 0.328 e. The monoisotopic (exact) mass is 294 g/mol. The van der Waals surface area contributed by atoms with Crippen molar-refractivity contribution in [3.8, 4) is 0 Å². The number of carboxylic acid groups (broad SMARTS) is 1. The molecule has 1 aromatic heterocycles. The van der Waals surface area contributed by atoms with Gasteiger partial charge in [-0.2, -0.15) is 0 Å². The molecular weight excluding hydrogens is 276 g/mol. The molecule has 112 valence electrons. The second kappa shape index (κ2) is 7.22. The Bertz CT molecular complexity index is 701. The number of anilines is 1. The lowest BCUT2D eigenvalue weighted by molar-refractivity contribution is -0.131. The molecule has 22 heavy (non-hydrogen) atoms. The van der Waals surface area contributed by atoms with Gasteiger partial charge in [0.15, 0.2) is 0 Å². The van der Waals surface area contributed by atoms with Gasteiger partial charge in [0.2, 0.25) is 0 Å². The van der Waals surface area contributed by atoms with Gasteiger partial charge in [0.1, 0.15) is 0 Å². The largest absolute Gasteiger partial charge is 0.478 e. The summed E-state index contributed by atoms with van der Waals surface area (Å²) >= 11 is 0. The number of benzene rings is 1. The number of hydrogen-bond donors (Lipinski definition) is 1. The Morgan fingerprint density at radius 2 is 1.77 bits per heavy atom. The zero-order valence-electron chi connectivity index (χ0n) is 12.6. The van der Waals surface area contributed by atoms with E-state index in [2.05, 4.69) is 17.1 Å². The van der Waals surface area contributed by atoms with Crippen LogP contribution in [0.3, 0.4) is 0 Å². The lowest BCUT2D eigenvalue weighted by Gasteiger charge is -2.11. The maximum Gasteiger partial charge on any atom is 0.328 e. The molecule has 0 unspecified atom stereocenters. The third-order valence-corrected chi connectivity index (χ3v) is 3.16. The van der Waals surface area contributed by atoms with Gasteiger partial charge in [-0.25, -0.2) is 4.79 Å². The summed E-state index contributed by atoms with van der Waals surface area (Å²) in [6.07, 6.45) is 9.94. The third kappa shape index (κ3) is 4.31. The summed E-state index contributed by atoms with van der Waals surface area (Å²) < 4.78 is 0. The van der Waals surface area contributed by atoms with Crippen molar-refractivity contribution >= 4 is 29.9 Å². The number of hydrogen-bond acceptors (Lipinski definition) is 3. The van der Waals surface area contributed by atoms with Crippen LogP contribution in [0.2, 0.25) is 0 Å². The van der Waals surface area contributed by atoms with Gasteiger partial charge in [-0.1, -0.05) is 24.3 Å². The summed E-state index contributed by atoms with van der Waals surface area (Å²) in [6.45, 7) is 0. The number of carbonyl (C=O) groups is 1. The number of aliphatic carboxylic acids is 1. The van der Waals surface area contributed by atoms with Gasteiger partial charge in [0, 0.05) is 43.8 Å². The van der Waals surface area contributed by atoms with Crippen molar-refractivity contribution in [1.29, 1.82) is 0 Å². The van der Waals surface area contributed by atoms with Gasteiger partial charge in [-0.3, -0.25) is 4.98 Å². The molecular formula is C18H18N2O2. The molecule has 0 aliphatic rings. The Kier molecular flexibility index (Phi) is 5.09. The molecule has 4 heteroatoms. The Morgan fingerprint density at radius 3 is 2.41 bits per heavy atom. The lowest BCUT2D eigenvalue weighted by atomic mass is 10.1. The van der Waals surface area contributed by atoms with E-state index in [0.717, 1.165) is 28.5 Å². The average Bonchev–Trinajstić information content (AvgIpc) is 2.52. The quantitative estimate of drug-likeness (QED) is 0.859. The highest BCUT2D eigenvalue weighted by atomic mass is 16.4. The molecule has 0 aliphatic carbocycles. The molecule has 0 fully saturated rings. The van der Waals surface area contributed by atoms with Crippen LogP contribution in [0, 0.1) is 0 Å². The van der Waals surface area contributed by atoms with Crippen LogP contribution in [0.4, 0.5) is 5.69 Å². The molecule has 0 aliphatic heterocycles. The fraction of sp³-hybridized carbons (Fsp3) is 0.111. The first-order valence-corrected chi connectivity index (χ1v) is 6.87. The zero-order valence-corrected chi connectivity index (χ0v) is 12.6. The number of aromatic nitrogens is 1. The lowest BCUT2D eigenvalue weighted by Crippen LogP contribution is -2.07. The highest BCUT2D eigenvalue weighted by Gasteiger charge is 1.97. The molecule has 4 nitrogen and oxygen atoms in total. The normalized spacial score (nSPS) is 11.2. The van der Waals surface area contributed by atoms with Crippen molar-refractivity contribution in [2.24, 2.45) is 0 Å². The Hall–Kier alpha value is -2.88. The van der Waals surface area contributed by atoms with E-state index in [1.807, 2.05) is 49.3 Å². The molecule has 2 aromatic rings. The molecule has 1 aromatic carbocycles. The number of carboxylic acids is 1. The van der Waals surface area contributed by atoms with Gasteiger partial charge in [-0.05, 0) is 35.4 Å². The van der Waals surface area contributed by atoms with Crippen molar-refractivity contribution in [3.63, 3.8) is 0 Å². The standard InChI is InChI=1S/C18H18N2O2/c1-20(2)17-8-4-14(5-9-17)3-6-15-11-12-19-13-16(15)7-10-18(21)22/h3-13H,1-2H3,(H,21,22)/b6-3?,10-7+. The molecule has 0 saturated heterocycles. The third-order valence-electron chi connectivity index (χ3n) is 3.16. The van der Waals surface area contributed by atoms with Crippen molar-refractivity contribution < 1.29 is 9.90 Å². The van der Waals surface area contributed by atoms with Crippen LogP contribution in [-0.4, -0.2) is 30.2 Å². The minimum atomic E-state index is -0.974. The Morgan fingerprint density at radius 1 is 1.05 bits per heavy atom. The summed E-state index contributed by atoms with van der Waals surface area (Å²) in [4.78, 5) is 16.7. The van der Waals surface area contributed by atoms with E-state index >= 15 is 0 Å². The molecule has 1 heterocycles. The molecule has 0 spiro atoms. The molecule has 2 rings (SSSR count). The number of nitrogens with zero attached hydrogens (tertiary/aromatic N) is 2. The Balaban J connectivity index is 2.21. The summed E-state index contributed by atoms with van der Waals surface area (Å²) in [5.74, 6) is -0.974. The van der Waals surface area contributed by atoms with Crippen molar-refractivity contribution in [2.45, 2.75) is 0 Å². The van der Waals surface area contributed by atoms with E-state index in [-0.39, 0.29) is 0 Å². The number of pyridine rings is 1. The van der Waals surface area contributed by atoms with Gasteiger partial charge in [-0.15, -0.1) is 0 Å². The van der Waals surface area contributed by atoms with Crippen molar-refractivity contribution in [2.75, 3.05) is 19.0 Å². The maximum atomic E-state index is 10.6. The summed E-state index contributed by atoms with van der Waals surface area (Å²) in [5, 5.41) is 8.72. The van der Waals surface area contributed by atoms with Crippen molar-refractivity contribution in [1.82, 2.24) is 4.98 Å². The van der Waals surface area contributed by atoms with E-state index in [1.54, 1.807) is 18.5 Å². The Labute approximate surface area is 130 Å². The summed E-state index contributed by atoms with van der Waals surface area (Å²) in [7, 11) is 4.01. The molecule has 1 N–H and O–H groups in total. The van der Waals surface area contributed by atoms with Gasteiger partial charge in [0.25, 0.3) is 0 Å². The van der Waals surface area contributed by atoms with E-state index in [0.29, 0.717) is 0 Å². The van der Waals surface area contributed by atoms with Crippen LogP contribution < -0.4 is 4.90 Å². The van der Waals surface area contributed by atoms with Crippen molar-refractivity contribution in [3.05, 3.63) is 65.5 Å². The van der Waals surface area contributed by atoms with E-state index in [4.69, 9.17) is 5.11 Å². The first-order chi connectivity index (χ1) is 10.6. The second-order valence-electron chi connectivity index (χ2n) is 5.00. The van der Waals surface area contributed by atoms with E-state index in [9.17, 15) is 4.79 Å². The van der Waals surface area contributed by atoms with E-state index < -0.39 is 5.97 Å². The summed E-state index contributed by atoms with van der Waals surface area (Å²) in [6, 6.07) is 10.0. The highest BCUT2D eigenvalue weighted by Crippen LogP contribution is 2.16. The first-order valence-electron chi connectivity index (χ1n) is 6.87. The predicted octanol–water partition coefficient (Wildman–Crippen LogP) is 3.42. The summed E-state index contributed by atoms with van der Waals surface area (Å²) in [5.41, 5.74) is 3.91. The molecule has 0 amide bonds. The van der Waals surface area contributed by atoms with Gasteiger partial charge in [0.05, 0.1) is 0 Å². The van der Waals surface area contributed by atoms with Crippen LogP contribution >= 0.6 is 0 Å². The van der Waals surface area contributed by atoms with Crippen LogP contribution in [0.15, 0.2) is 48.8 Å². The average molecular weight is 294 g/mol. The zero-order chi connectivity index (χ0) is 15.9. The minimum Gasteiger partial charge on any atom is -0.478 e. The second-order valence-corrected chi connectivity index (χ2v) is 5.00. The fourth-order valence-corrected chi connectivity index (χ4v) is 1.94. The van der Waals surface area contributed by atoms with Crippen LogP contribution in [0.5, 0.6) is 0 Å². The molecule has 0 radical (unpaired) electrons. The highest BCUT2D eigenvalue weighted by molar-refractivity contribution is 5.86.